The third-order valence-electron chi connectivity index (χ3n) is 11.6. The number of piperidine rings is 1. The van der Waals surface area contributed by atoms with Crippen LogP contribution in [0.4, 0.5) is 24.7 Å². The Kier molecular flexibility index (Phi) is 14.8. The normalized spacial score (nSPS) is 17.4. The lowest BCUT2D eigenvalue weighted by molar-refractivity contribution is -0.0435. The van der Waals surface area contributed by atoms with Gasteiger partial charge < -0.3 is 10.2 Å². The lowest BCUT2D eigenvalue weighted by Gasteiger charge is -2.44. The molecule has 0 radical (unpaired) electrons. The molecule has 0 saturated carbocycles. The van der Waals surface area contributed by atoms with Crippen molar-refractivity contribution in [3.8, 4) is 11.1 Å². The lowest BCUT2D eigenvalue weighted by Crippen LogP contribution is -2.50. The molecule has 0 aliphatic carbocycles. The fourth-order valence-electron chi connectivity index (χ4n) is 8.20. The van der Waals surface area contributed by atoms with Crippen LogP contribution in [0.5, 0.6) is 0 Å². The predicted molar refractivity (Wildman–Crippen MR) is 244 cm³/mol. The van der Waals surface area contributed by atoms with Crippen molar-refractivity contribution in [3.05, 3.63) is 125 Å². The standard InChI is InChI=1S/C45H51ClF3N7O4S3/c1-31-25-40-42(28-56(31)36-20-23-55(24-21-36)27-33-9-7-8-12-39(33)32-13-15-34(46)16-14-32)50-30-51-44(40)53-63(59,60)38-17-18-41(43(26-38)62(57,58)45(47,48)49)52-35(19-22-54(2)3)29-61-37-10-5-4-6-11-37/h4-18,26,30-31,35-36,52H,19-25,27-29H2,1-3H3,(H,50,51,53)/t31-,35+/m0/s1. The van der Waals surface area contributed by atoms with Gasteiger partial charge in [-0.2, -0.15) is 13.2 Å². The fourth-order valence-corrected chi connectivity index (χ4v) is 11.4. The molecule has 4 aromatic carbocycles. The van der Waals surface area contributed by atoms with Crippen molar-refractivity contribution < 1.29 is 30.0 Å². The first-order valence-corrected chi connectivity index (χ1v) is 25.0. The van der Waals surface area contributed by atoms with Gasteiger partial charge in [0.05, 0.1) is 16.3 Å². The maximum absolute atomic E-state index is 14.2. The van der Waals surface area contributed by atoms with Gasteiger partial charge in [-0.1, -0.05) is 66.2 Å². The molecule has 1 aromatic heterocycles. The van der Waals surface area contributed by atoms with Gasteiger partial charge in [-0.3, -0.25) is 14.5 Å². The number of halogens is 4. The van der Waals surface area contributed by atoms with Crippen LogP contribution in [-0.4, -0.2) is 105 Å². The zero-order valence-electron chi connectivity index (χ0n) is 35.2. The van der Waals surface area contributed by atoms with Crippen molar-refractivity contribution in [2.24, 2.45) is 0 Å². The van der Waals surface area contributed by atoms with Crippen LogP contribution in [0.25, 0.3) is 11.1 Å². The average molecular weight is 943 g/mol. The highest BCUT2D eigenvalue weighted by atomic mass is 35.5. The molecule has 2 aliphatic heterocycles. The van der Waals surface area contributed by atoms with Crippen molar-refractivity contribution in [1.82, 2.24) is 24.7 Å². The molecule has 5 aromatic rings. The molecule has 18 heteroatoms. The summed E-state index contributed by atoms with van der Waals surface area (Å²) in [6.45, 7) is 5.71. The predicted octanol–water partition coefficient (Wildman–Crippen LogP) is 8.83. The molecule has 1 saturated heterocycles. The van der Waals surface area contributed by atoms with E-state index in [4.69, 9.17) is 11.6 Å². The number of sulfone groups is 1. The third-order valence-corrected chi connectivity index (χ3v) is 15.9. The SMILES string of the molecule is C[C@H]1Cc2c(ncnc2NS(=O)(=O)c2ccc(N[C@H](CCN(C)C)CSc3ccccc3)c(S(=O)(=O)C(F)(F)F)c2)CN1C1CCN(Cc2ccccc2-c2ccc(Cl)cc2)CC1. The first-order valence-electron chi connectivity index (χ1n) is 20.7. The van der Waals surface area contributed by atoms with Gasteiger partial charge in [0.2, 0.25) is 0 Å². The Bertz CT molecular complexity index is 2580. The van der Waals surface area contributed by atoms with Crippen molar-refractivity contribution in [2.45, 2.75) is 84.0 Å². The maximum Gasteiger partial charge on any atom is 0.501 e. The smallest absolute Gasteiger partial charge is 0.380 e. The van der Waals surface area contributed by atoms with Crippen LogP contribution in [0, 0.1) is 0 Å². The van der Waals surface area contributed by atoms with Gasteiger partial charge in [-0.25, -0.2) is 26.8 Å². The molecule has 0 spiro atoms. The Hall–Kier alpha value is -4.23. The summed E-state index contributed by atoms with van der Waals surface area (Å²) >= 11 is 7.62. The summed E-state index contributed by atoms with van der Waals surface area (Å²) in [5, 5.41) is 3.70. The quantitative estimate of drug-likeness (QED) is 0.0922. The second-order valence-corrected chi connectivity index (χ2v) is 21.4. The number of nitrogens with zero attached hydrogens (tertiary/aromatic N) is 5. The summed E-state index contributed by atoms with van der Waals surface area (Å²) in [5.41, 5.74) is -1.25. The molecule has 7 rings (SSSR count). The molecule has 2 N–H and O–H groups in total. The number of anilines is 2. The summed E-state index contributed by atoms with van der Waals surface area (Å²) in [4.78, 5) is 14.7. The van der Waals surface area contributed by atoms with Gasteiger partial charge in [0.15, 0.2) is 0 Å². The van der Waals surface area contributed by atoms with Crippen LogP contribution in [0.15, 0.2) is 118 Å². The van der Waals surface area contributed by atoms with Crippen LogP contribution in [0.3, 0.4) is 0 Å². The van der Waals surface area contributed by atoms with Crippen molar-refractivity contribution in [2.75, 3.05) is 49.5 Å². The maximum atomic E-state index is 14.2. The molecule has 3 heterocycles. The van der Waals surface area contributed by atoms with E-state index in [9.17, 15) is 30.0 Å². The monoisotopic (exact) mass is 941 g/mol. The van der Waals surface area contributed by atoms with E-state index in [1.807, 2.05) is 79.7 Å². The lowest BCUT2D eigenvalue weighted by atomic mass is 9.93. The second-order valence-electron chi connectivity index (χ2n) is 16.3. The van der Waals surface area contributed by atoms with Crippen molar-refractivity contribution >= 4 is 54.7 Å². The summed E-state index contributed by atoms with van der Waals surface area (Å²) in [6.07, 6.45) is 4.02. The second kappa shape index (κ2) is 19.9. The number of rotatable bonds is 16. The molecular weight excluding hydrogens is 891 g/mol. The minimum absolute atomic E-state index is 0.00307. The van der Waals surface area contributed by atoms with Gasteiger partial charge in [0, 0.05) is 52.4 Å². The molecule has 2 aliphatic rings. The van der Waals surface area contributed by atoms with E-state index in [-0.39, 0.29) is 23.6 Å². The number of nitrogens with one attached hydrogen (secondary N) is 2. The zero-order chi connectivity index (χ0) is 44.9. The van der Waals surface area contributed by atoms with E-state index in [1.165, 1.54) is 29.2 Å². The summed E-state index contributed by atoms with van der Waals surface area (Å²) in [5.74, 6) is 0.407. The Balaban J connectivity index is 1.06. The molecule has 0 unspecified atom stereocenters. The largest absolute Gasteiger partial charge is 0.501 e. The Morgan fingerprint density at radius 3 is 2.32 bits per heavy atom. The third kappa shape index (κ3) is 11.4. The topological polar surface area (TPSA) is 128 Å². The number of fused-ring (bicyclic) bond motifs is 1. The van der Waals surface area contributed by atoms with E-state index in [0.717, 1.165) is 55.1 Å². The van der Waals surface area contributed by atoms with Crippen LogP contribution < -0.4 is 10.0 Å². The number of alkyl halides is 3. The van der Waals surface area contributed by atoms with Gasteiger partial charge in [0.1, 0.15) is 17.0 Å². The van der Waals surface area contributed by atoms with E-state index in [2.05, 4.69) is 54.9 Å². The number of hydrogen-bond donors (Lipinski definition) is 2. The van der Waals surface area contributed by atoms with Crippen molar-refractivity contribution in [3.63, 3.8) is 0 Å². The minimum Gasteiger partial charge on any atom is -0.380 e. The van der Waals surface area contributed by atoms with Gasteiger partial charge >= 0.3 is 5.51 Å². The number of hydrogen-bond acceptors (Lipinski definition) is 11. The van der Waals surface area contributed by atoms with E-state index in [0.29, 0.717) is 54.0 Å². The van der Waals surface area contributed by atoms with Crippen LogP contribution in [0.2, 0.25) is 5.02 Å². The number of sulfonamides is 1. The molecule has 63 heavy (non-hydrogen) atoms. The fraction of sp³-hybridized carbons (Fsp3) is 0.378. The van der Waals surface area contributed by atoms with Crippen LogP contribution >= 0.6 is 23.4 Å². The van der Waals surface area contributed by atoms with Crippen LogP contribution in [0.1, 0.15) is 43.0 Å². The number of thioether (sulfide) groups is 1. The Morgan fingerprint density at radius 1 is 0.921 bits per heavy atom. The molecule has 2 atom stereocenters. The van der Waals surface area contributed by atoms with E-state index < -0.39 is 41.2 Å². The minimum atomic E-state index is -5.99. The first kappa shape index (κ1) is 46.8. The number of benzene rings is 4. The van der Waals surface area contributed by atoms with Gasteiger partial charge in [0.25, 0.3) is 19.9 Å². The van der Waals surface area contributed by atoms with E-state index >= 15 is 0 Å². The summed E-state index contributed by atoms with van der Waals surface area (Å²) < 4.78 is 99.1. The average Bonchev–Trinajstić information content (AvgIpc) is 3.25. The number of likely N-dealkylation sites (tertiary alicyclic amines) is 1. The van der Waals surface area contributed by atoms with E-state index in [1.54, 1.807) is 0 Å². The molecule has 336 valence electrons. The van der Waals surface area contributed by atoms with Gasteiger partial charge in [-0.15, -0.1) is 11.8 Å². The highest BCUT2D eigenvalue weighted by molar-refractivity contribution is 7.99. The zero-order valence-corrected chi connectivity index (χ0v) is 38.4. The molecule has 1 fully saturated rings. The molecule has 11 nitrogen and oxygen atoms in total. The number of aromatic nitrogens is 2. The Labute approximate surface area is 377 Å². The molecular formula is C45H51ClF3N7O4S3. The first-order chi connectivity index (χ1) is 30.0. The Morgan fingerprint density at radius 2 is 1.62 bits per heavy atom. The van der Waals surface area contributed by atoms with Gasteiger partial charge in [-0.05, 0) is 125 Å². The summed E-state index contributed by atoms with van der Waals surface area (Å²) in [7, 11) is -6.91. The molecule has 0 bridgehead atoms. The highest BCUT2D eigenvalue weighted by Gasteiger charge is 2.48. The highest BCUT2D eigenvalue weighted by Crippen LogP contribution is 2.38. The summed E-state index contributed by atoms with van der Waals surface area (Å²) in [6, 6.07) is 28.3. The molecule has 0 amide bonds. The van der Waals surface area contributed by atoms with Crippen LogP contribution in [-0.2, 0) is 39.4 Å². The van der Waals surface area contributed by atoms with Crippen molar-refractivity contribution in [1.29, 1.82) is 0 Å².